The summed E-state index contributed by atoms with van der Waals surface area (Å²) in [6.45, 7) is 0. The molecule has 0 aliphatic carbocycles. The van der Waals surface area contributed by atoms with E-state index in [4.69, 9.17) is 5.73 Å². The fourth-order valence-electron chi connectivity index (χ4n) is 1.89. The minimum atomic E-state index is 0.366. The van der Waals surface area contributed by atoms with Crippen molar-refractivity contribution in [3.05, 3.63) is 52.6 Å². The largest absolute Gasteiger partial charge is 0.383 e. The van der Waals surface area contributed by atoms with Crippen LogP contribution in [-0.4, -0.2) is 23.8 Å². The summed E-state index contributed by atoms with van der Waals surface area (Å²) in [5, 5.41) is 3.35. The summed E-state index contributed by atoms with van der Waals surface area (Å²) < 4.78 is 1.11. The maximum atomic E-state index is 5.90. The Morgan fingerprint density at radius 2 is 2.20 bits per heavy atom. The topological polar surface area (TPSA) is 50.9 Å². The highest BCUT2D eigenvalue weighted by Gasteiger charge is 2.10. The molecule has 3 N–H and O–H groups in total. The molecule has 0 aliphatic rings. The minimum absolute atomic E-state index is 0.366. The second-order valence-electron chi connectivity index (χ2n) is 4.51. The first-order chi connectivity index (χ1) is 9.69. The highest BCUT2D eigenvalue weighted by Crippen LogP contribution is 2.23. The summed E-state index contributed by atoms with van der Waals surface area (Å²) in [5.74, 6) is 1.61. The number of nitrogens with two attached hydrogens (primary N) is 1. The molecule has 0 amide bonds. The molecule has 1 aromatic carbocycles. The third-order valence-electron chi connectivity index (χ3n) is 3.05. The second kappa shape index (κ2) is 7.67. The molecule has 106 valence electrons. The molecule has 20 heavy (non-hydrogen) atoms. The van der Waals surface area contributed by atoms with Crippen molar-refractivity contribution < 1.29 is 0 Å². The summed E-state index contributed by atoms with van der Waals surface area (Å²) >= 11 is 5.33. The van der Waals surface area contributed by atoms with Crippen LogP contribution in [0.2, 0.25) is 0 Å². The van der Waals surface area contributed by atoms with Crippen LogP contribution < -0.4 is 11.1 Å². The van der Waals surface area contributed by atoms with E-state index in [0.717, 1.165) is 22.2 Å². The van der Waals surface area contributed by atoms with Crippen molar-refractivity contribution in [2.24, 2.45) is 0 Å². The van der Waals surface area contributed by atoms with Crippen LogP contribution in [0, 0.1) is 0 Å². The van der Waals surface area contributed by atoms with E-state index >= 15 is 0 Å². The number of thioether (sulfide) groups is 1. The Labute approximate surface area is 132 Å². The molecule has 1 atom stereocenters. The first-order valence-corrected chi connectivity index (χ1v) is 8.22. The second-order valence-corrected chi connectivity index (χ2v) is 6.51. The number of nitrogens with one attached hydrogen (secondary N) is 1. The van der Waals surface area contributed by atoms with Crippen molar-refractivity contribution in [2.75, 3.05) is 18.5 Å². The van der Waals surface area contributed by atoms with Crippen LogP contribution in [-0.2, 0) is 6.42 Å². The average Bonchev–Trinajstić information content (AvgIpc) is 2.45. The first-order valence-electron chi connectivity index (χ1n) is 6.44. The Morgan fingerprint density at radius 3 is 2.90 bits per heavy atom. The standard InChI is InChI=1S/C15H18BrN3S/c1-18-13(8-11-4-3-7-19-15(11)17)10-20-14-6-2-5-12(16)9-14/h2-7,9,13,18H,8,10H2,1H3,(H2,17,19). The average molecular weight is 352 g/mol. The van der Waals surface area contributed by atoms with E-state index in [2.05, 4.69) is 44.4 Å². The number of benzene rings is 1. The van der Waals surface area contributed by atoms with Gasteiger partial charge in [0.1, 0.15) is 5.82 Å². The van der Waals surface area contributed by atoms with Gasteiger partial charge >= 0.3 is 0 Å². The van der Waals surface area contributed by atoms with Gasteiger partial charge in [0.05, 0.1) is 0 Å². The van der Waals surface area contributed by atoms with E-state index in [9.17, 15) is 0 Å². The lowest BCUT2D eigenvalue weighted by atomic mass is 10.1. The summed E-state index contributed by atoms with van der Waals surface area (Å²) in [4.78, 5) is 5.40. The highest BCUT2D eigenvalue weighted by atomic mass is 79.9. The summed E-state index contributed by atoms with van der Waals surface area (Å²) in [6.07, 6.45) is 2.61. The Hall–Kier alpha value is -1.04. The smallest absolute Gasteiger partial charge is 0.126 e. The van der Waals surface area contributed by atoms with Crippen LogP contribution in [0.5, 0.6) is 0 Å². The quantitative estimate of drug-likeness (QED) is 0.783. The van der Waals surface area contributed by atoms with Gasteiger partial charge in [-0.15, -0.1) is 11.8 Å². The zero-order chi connectivity index (χ0) is 14.4. The Kier molecular flexibility index (Phi) is 5.88. The van der Waals surface area contributed by atoms with E-state index in [1.165, 1.54) is 4.90 Å². The van der Waals surface area contributed by atoms with Crippen molar-refractivity contribution in [1.29, 1.82) is 0 Å². The van der Waals surface area contributed by atoms with Crippen LogP contribution in [0.3, 0.4) is 0 Å². The number of pyridine rings is 1. The third-order valence-corrected chi connectivity index (χ3v) is 4.70. The maximum Gasteiger partial charge on any atom is 0.126 e. The van der Waals surface area contributed by atoms with Gasteiger partial charge in [-0.05, 0) is 43.3 Å². The molecule has 0 fully saturated rings. The normalized spacial score (nSPS) is 12.3. The van der Waals surface area contributed by atoms with Crippen molar-refractivity contribution in [2.45, 2.75) is 17.4 Å². The van der Waals surface area contributed by atoms with E-state index in [1.54, 1.807) is 6.20 Å². The lowest BCUT2D eigenvalue weighted by Crippen LogP contribution is -2.30. The van der Waals surface area contributed by atoms with Crippen LogP contribution in [0.4, 0.5) is 5.82 Å². The SMILES string of the molecule is CNC(CSc1cccc(Br)c1)Cc1cccnc1N. The molecule has 0 aliphatic heterocycles. The van der Waals surface area contributed by atoms with E-state index in [1.807, 2.05) is 37.0 Å². The van der Waals surface area contributed by atoms with Gasteiger partial charge < -0.3 is 11.1 Å². The number of nitrogen functional groups attached to an aromatic ring is 1. The fourth-order valence-corrected chi connectivity index (χ4v) is 3.50. The molecule has 5 heteroatoms. The molecular weight excluding hydrogens is 334 g/mol. The highest BCUT2D eigenvalue weighted by molar-refractivity contribution is 9.10. The molecule has 0 bridgehead atoms. The maximum absolute atomic E-state index is 5.90. The predicted octanol–water partition coefficient (Wildman–Crippen LogP) is 3.35. The van der Waals surface area contributed by atoms with Crippen molar-refractivity contribution in [3.8, 4) is 0 Å². The zero-order valence-corrected chi connectivity index (χ0v) is 13.7. The van der Waals surface area contributed by atoms with E-state index in [-0.39, 0.29) is 0 Å². The van der Waals surface area contributed by atoms with E-state index < -0.39 is 0 Å². The van der Waals surface area contributed by atoms with Crippen LogP contribution >= 0.6 is 27.7 Å². The van der Waals surface area contributed by atoms with Gasteiger partial charge in [0.25, 0.3) is 0 Å². The molecule has 0 radical (unpaired) electrons. The number of likely N-dealkylation sites (N-methyl/N-ethyl adjacent to an activating group) is 1. The molecule has 0 saturated carbocycles. The van der Waals surface area contributed by atoms with Crippen LogP contribution in [0.25, 0.3) is 0 Å². The molecule has 0 saturated heterocycles. The van der Waals surface area contributed by atoms with Gasteiger partial charge in [-0.3, -0.25) is 0 Å². The number of rotatable bonds is 6. The van der Waals surface area contributed by atoms with Crippen molar-refractivity contribution in [3.63, 3.8) is 0 Å². The van der Waals surface area contributed by atoms with Gasteiger partial charge in [0.15, 0.2) is 0 Å². The molecular formula is C15H18BrN3S. The first kappa shape index (κ1) is 15.4. The lowest BCUT2D eigenvalue weighted by Gasteiger charge is -2.16. The number of hydrogen-bond donors (Lipinski definition) is 2. The zero-order valence-electron chi connectivity index (χ0n) is 11.3. The molecule has 1 aromatic heterocycles. The number of nitrogens with zero attached hydrogens (tertiary/aromatic N) is 1. The summed E-state index contributed by atoms with van der Waals surface area (Å²) in [7, 11) is 1.98. The number of anilines is 1. The molecule has 1 heterocycles. The van der Waals surface area contributed by atoms with Gasteiger partial charge in [-0.25, -0.2) is 4.98 Å². The molecule has 3 nitrogen and oxygen atoms in total. The molecule has 2 aromatic rings. The molecule has 2 rings (SSSR count). The lowest BCUT2D eigenvalue weighted by molar-refractivity contribution is 0.617. The third kappa shape index (κ3) is 4.51. The van der Waals surface area contributed by atoms with Crippen LogP contribution in [0.1, 0.15) is 5.56 Å². The van der Waals surface area contributed by atoms with Gasteiger partial charge in [-0.2, -0.15) is 0 Å². The molecule has 0 spiro atoms. The van der Waals surface area contributed by atoms with Crippen LogP contribution in [0.15, 0.2) is 52.0 Å². The Balaban J connectivity index is 1.94. The monoisotopic (exact) mass is 351 g/mol. The van der Waals surface area contributed by atoms with E-state index in [0.29, 0.717) is 11.9 Å². The number of aromatic nitrogens is 1. The summed E-state index contributed by atoms with van der Waals surface area (Å²) in [6, 6.07) is 12.7. The number of hydrogen-bond acceptors (Lipinski definition) is 4. The predicted molar refractivity (Wildman–Crippen MR) is 90.1 cm³/mol. The Morgan fingerprint density at radius 1 is 1.35 bits per heavy atom. The summed E-state index contributed by atoms with van der Waals surface area (Å²) in [5.41, 5.74) is 7.00. The fraction of sp³-hybridized carbons (Fsp3) is 0.267. The molecule has 1 unspecified atom stereocenters. The number of halogens is 1. The van der Waals surface area contributed by atoms with Gasteiger partial charge in [-0.1, -0.05) is 28.1 Å². The Bertz CT molecular complexity index is 562. The van der Waals surface area contributed by atoms with Gasteiger partial charge in [0, 0.05) is 27.4 Å². The van der Waals surface area contributed by atoms with Crippen molar-refractivity contribution >= 4 is 33.5 Å². The van der Waals surface area contributed by atoms with Gasteiger partial charge in [0.2, 0.25) is 0 Å². The van der Waals surface area contributed by atoms with Crippen molar-refractivity contribution in [1.82, 2.24) is 10.3 Å². The minimum Gasteiger partial charge on any atom is -0.383 e.